The van der Waals surface area contributed by atoms with Crippen LogP contribution in [-0.2, 0) is 0 Å². The summed E-state index contributed by atoms with van der Waals surface area (Å²) >= 11 is 0. The van der Waals surface area contributed by atoms with Gasteiger partial charge in [-0.1, -0.05) is 0 Å². The Bertz CT molecular complexity index is 9.61. The first-order valence-corrected chi connectivity index (χ1v) is 0. The molecule has 1 unspecified atom stereocenters. The summed E-state index contributed by atoms with van der Waals surface area (Å²) in [7, 11) is 0. The summed E-state index contributed by atoms with van der Waals surface area (Å²) in [4.78, 5) is 0. The molecule has 2 nitrogen and oxygen atoms in total. The van der Waals surface area contributed by atoms with Gasteiger partial charge in [0.15, 0.2) is 0 Å². The molecule has 0 aromatic heterocycles. The maximum atomic E-state index is 0. The molecule has 5 heavy (non-hydrogen) atoms. The summed E-state index contributed by atoms with van der Waals surface area (Å²) < 4.78 is 0. The Morgan fingerprint density at radius 1 is 0.800 bits per heavy atom. The van der Waals surface area contributed by atoms with Crippen LogP contribution in [0.5, 0.6) is 0 Å². The van der Waals surface area contributed by atoms with Crippen molar-refractivity contribution in [2.45, 2.75) is 0 Å². The topological polar surface area (TPSA) is 60.0 Å². The van der Waals surface area contributed by atoms with Gasteiger partial charge in [0.2, 0.25) is 0 Å². The Morgan fingerprint density at radius 3 is 0.800 bits per heavy atom. The molecule has 1 radical (unpaired) electrons. The van der Waals surface area contributed by atoms with Crippen LogP contribution in [-0.4, -0.2) is 51.4 Å². The van der Waals surface area contributed by atoms with Gasteiger partial charge in [-0.15, -0.1) is 0 Å². The minimum Gasteiger partial charge on any atom is -0.870 e. The molecule has 0 saturated heterocycles. The van der Waals surface area contributed by atoms with Gasteiger partial charge in [-0.25, -0.2) is 0 Å². The number of hydrogen-bond acceptors (Lipinski definition) is 2. The molecule has 1 atom stereocenters. The zero-order valence-electron chi connectivity index (χ0n) is 3.31. The number of rotatable bonds is 0. The quantitative estimate of drug-likeness (QED) is 0.286. The number of hydrogen-bond donors (Lipinski definition) is 0. The van der Waals surface area contributed by atoms with Gasteiger partial charge >= 0.3 is 23.1 Å². The molecule has 0 aliphatic rings. The predicted molar refractivity (Wildman–Crippen MR) is 29.3 cm³/mol. The van der Waals surface area contributed by atoms with Gasteiger partial charge in [-0.05, 0) is 0 Å². The first-order chi connectivity index (χ1) is 0. The molecule has 0 aliphatic carbocycles. The zero-order chi connectivity index (χ0) is 0. The van der Waals surface area contributed by atoms with E-state index in [1.807, 2.05) is 0 Å². The molecular weight excluding hydrogens is 114 g/mol. The maximum absolute atomic E-state index is 0. The summed E-state index contributed by atoms with van der Waals surface area (Å²) in [5.74, 6) is 0. The van der Waals surface area contributed by atoms with Crippen LogP contribution in [0.4, 0.5) is 0 Å². The van der Waals surface area contributed by atoms with E-state index in [1.165, 1.54) is 0 Å². The minimum absolute atomic E-state index is 0. The molecule has 0 fully saturated rings. The van der Waals surface area contributed by atoms with Crippen LogP contribution in [0.15, 0.2) is 0 Å². The Morgan fingerprint density at radius 2 is 0.800 bits per heavy atom. The summed E-state index contributed by atoms with van der Waals surface area (Å²) in [6.07, 6.45) is 0. The SMILES string of the molecule is P.[AlH2].[Mg+2].[OH-].[OH-]. The van der Waals surface area contributed by atoms with Crippen molar-refractivity contribution in [2.24, 2.45) is 0 Å². The third kappa shape index (κ3) is 27.7. The zero-order valence-corrected chi connectivity index (χ0v) is 8.14. The molecule has 0 aromatic rings. The van der Waals surface area contributed by atoms with E-state index in [-0.39, 0.29) is 61.3 Å². The van der Waals surface area contributed by atoms with Crippen LogP contribution < -0.4 is 0 Å². The molecule has 0 amide bonds. The van der Waals surface area contributed by atoms with E-state index < -0.39 is 0 Å². The van der Waals surface area contributed by atoms with Crippen molar-refractivity contribution in [1.82, 2.24) is 0 Å². The smallest absolute Gasteiger partial charge is 0.870 e. The van der Waals surface area contributed by atoms with Crippen molar-refractivity contribution in [2.75, 3.05) is 0 Å². The van der Waals surface area contributed by atoms with E-state index in [4.69, 9.17) is 0 Å². The van der Waals surface area contributed by atoms with Crippen LogP contribution in [0.1, 0.15) is 0 Å². The van der Waals surface area contributed by atoms with Crippen LogP contribution in [0, 0.1) is 0 Å². The fourth-order valence-corrected chi connectivity index (χ4v) is 0. The van der Waals surface area contributed by atoms with Gasteiger partial charge in [0, 0.05) is 0 Å². The summed E-state index contributed by atoms with van der Waals surface area (Å²) in [5.41, 5.74) is 0. The first-order valence-electron chi connectivity index (χ1n) is 0. The van der Waals surface area contributed by atoms with Crippen molar-refractivity contribution < 1.29 is 11.0 Å². The van der Waals surface area contributed by atoms with Gasteiger partial charge in [0.1, 0.15) is 17.4 Å². The van der Waals surface area contributed by atoms with Crippen molar-refractivity contribution >= 4 is 50.3 Å². The minimum atomic E-state index is 0. The Labute approximate surface area is 61.2 Å². The van der Waals surface area contributed by atoms with Crippen LogP contribution in [0.2, 0.25) is 0 Å². The van der Waals surface area contributed by atoms with Gasteiger partial charge in [0.05, 0.1) is 0 Å². The third-order valence-corrected chi connectivity index (χ3v) is 0. The molecule has 0 spiro atoms. The van der Waals surface area contributed by atoms with E-state index in [2.05, 4.69) is 0 Å². The second kappa shape index (κ2) is 44.9. The maximum Gasteiger partial charge on any atom is 2.00 e. The average Bonchev–Trinajstić information content (AvgIpc) is 0. The van der Waals surface area contributed by atoms with Crippen molar-refractivity contribution in [1.29, 1.82) is 0 Å². The molecular formula is H7AlMgO2P. The van der Waals surface area contributed by atoms with Crippen molar-refractivity contribution in [3.63, 3.8) is 0 Å². The fourth-order valence-electron chi connectivity index (χ4n) is 0. The van der Waals surface area contributed by atoms with Gasteiger partial charge in [-0.2, -0.15) is 9.90 Å². The standard InChI is InChI=1S/Al.Mg.2H2O.H3P.2H/h;;2*1H2;1H3;;/q;+2;;;;;/p-2. The van der Waals surface area contributed by atoms with E-state index >= 15 is 0 Å². The monoisotopic (exact) mass is 121 g/mol. The molecule has 0 heterocycles. The van der Waals surface area contributed by atoms with E-state index in [9.17, 15) is 0 Å². The largest absolute Gasteiger partial charge is 2.00 e. The average molecular weight is 121 g/mol. The van der Waals surface area contributed by atoms with E-state index in [0.717, 1.165) is 0 Å². The normalized spacial score (nSPS) is 0. The Balaban J connectivity index is 0. The predicted octanol–water partition coefficient (Wildman–Crippen LogP) is -1.59. The van der Waals surface area contributed by atoms with Gasteiger partial charge in [0.25, 0.3) is 0 Å². The van der Waals surface area contributed by atoms with Crippen LogP contribution in [0.25, 0.3) is 0 Å². The van der Waals surface area contributed by atoms with Crippen molar-refractivity contribution in [3.05, 3.63) is 0 Å². The van der Waals surface area contributed by atoms with Crippen molar-refractivity contribution in [3.8, 4) is 0 Å². The molecule has 0 aliphatic heterocycles. The fraction of sp³-hybridized carbons (Fsp3) is 0. The molecule has 29 valence electrons. The third-order valence-electron chi connectivity index (χ3n) is 0. The molecule has 0 aromatic carbocycles. The molecule has 0 rings (SSSR count). The second-order valence-electron chi connectivity index (χ2n) is 0. The summed E-state index contributed by atoms with van der Waals surface area (Å²) in [6.45, 7) is 0. The molecule has 2 N–H and O–H groups in total. The molecule has 5 heteroatoms. The van der Waals surface area contributed by atoms with Crippen LogP contribution >= 0.6 is 9.90 Å². The Kier molecular flexibility index (Phi) is 701. The van der Waals surface area contributed by atoms with E-state index in [1.54, 1.807) is 0 Å². The first kappa shape index (κ1) is 78.0. The molecule has 0 saturated carbocycles. The van der Waals surface area contributed by atoms with Gasteiger partial charge in [-0.3, -0.25) is 0 Å². The van der Waals surface area contributed by atoms with Gasteiger partial charge < -0.3 is 11.0 Å². The molecule has 0 bridgehead atoms. The van der Waals surface area contributed by atoms with Crippen LogP contribution in [0.3, 0.4) is 0 Å². The summed E-state index contributed by atoms with van der Waals surface area (Å²) in [5, 5.41) is 0. The second-order valence-corrected chi connectivity index (χ2v) is 0. The Hall–Kier alpha value is 1.65. The summed E-state index contributed by atoms with van der Waals surface area (Å²) in [6, 6.07) is 0. The van der Waals surface area contributed by atoms with E-state index in [0.29, 0.717) is 0 Å².